The van der Waals surface area contributed by atoms with Crippen LogP contribution in [0.25, 0.3) is 0 Å². The summed E-state index contributed by atoms with van der Waals surface area (Å²) in [4.78, 5) is 4.42. The number of hydrogen-bond acceptors (Lipinski definition) is 5. The molecule has 0 aliphatic carbocycles. The lowest BCUT2D eigenvalue weighted by Crippen LogP contribution is -2.06. The molecule has 5 nitrogen and oxygen atoms in total. The summed E-state index contributed by atoms with van der Waals surface area (Å²) in [5.41, 5.74) is 3.27. The van der Waals surface area contributed by atoms with Crippen molar-refractivity contribution in [3.8, 4) is 17.6 Å². The fourth-order valence-corrected chi connectivity index (χ4v) is 2.97. The molecule has 124 valence electrons. The van der Waals surface area contributed by atoms with Gasteiger partial charge in [-0.05, 0) is 43.2 Å². The number of ether oxygens (including phenoxy) is 2. The molecule has 0 saturated heterocycles. The van der Waals surface area contributed by atoms with Crippen LogP contribution < -0.4 is 14.8 Å². The monoisotopic (exact) mass is 343 g/mol. The highest BCUT2D eigenvalue weighted by atomic mass is 35.5. The van der Waals surface area contributed by atoms with Gasteiger partial charge in [0, 0.05) is 18.7 Å². The molecule has 0 spiro atoms. The highest BCUT2D eigenvalue weighted by molar-refractivity contribution is 6.32. The second-order valence-corrected chi connectivity index (χ2v) is 6.13. The Morgan fingerprint density at radius 3 is 2.83 bits per heavy atom. The predicted octanol–water partition coefficient (Wildman–Crippen LogP) is 4.00. The summed E-state index contributed by atoms with van der Waals surface area (Å²) >= 11 is 6.31. The number of rotatable bonds is 3. The molecular weight excluding hydrogens is 326 g/mol. The van der Waals surface area contributed by atoms with Gasteiger partial charge in [-0.15, -0.1) is 0 Å². The zero-order valence-corrected chi connectivity index (χ0v) is 14.4. The van der Waals surface area contributed by atoms with E-state index in [0.717, 1.165) is 23.2 Å². The van der Waals surface area contributed by atoms with E-state index in [2.05, 4.69) is 16.4 Å². The maximum Gasteiger partial charge on any atom is 0.179 e. The fourth-order valence-electron chi connectivity index (χ4n) is 2.68. The zero-order chi connectivity index (χ0) is 17.1. The van der Waals surface area contributed by atoms with E-state index >= 15 is 0 Å². The predicted molar refractivity (Wildman–Crippen MR) is 92.8 cm³/mol. The Kier molecular flexibility index (Phi) is 4.77. The van der Waals surface area contributed by atoms with E-state index in [4.69, 9.17) is 21.1 Å². The number of aryl methyl sites for hydroxylation is 2. The fraction of sp³-hybridized carbons (Fsp3) is 0.333. The lowest BCUT2D eigenvalue weighted by Gasteiger charge is -2.13. The molecule has 1 aliphatic heterocycles. The molecule has 2 aromatic rings. The highest BCUT2D eigenvalue weighted by Crippen LogP contribution is 2.38. The Bertz CT molecular complexity index is 815. The van der Waals surface area contributed by atoms with Gasteiger partial charge in [-0.1, -0.05) is 11.6 Å². The largest absolute Gasteiger partial charge is 0.489 e. The number of hydrogen-bond donors (Lipinski definition) is 1. The van der Waals surface area contributed by atoms with Crippen molar-refractivity contribution in [3.05, 3.63) is 45.6 Å². The number of anilines is 1. The van der Waals surface area contributed by atoms with Crippen LogP contribution in [0.2, 0.25) is 5.02 Å². The first kappa shape index (κ1) is 16.4. The van der Waals surface area contributed by atoms with Crippen molar-refractivity contribution >= 4 is 17.4 Å². The summed E-state index contributed by atoms with van der Waals surface area (Å²) in [6, 6.07) is 7.85. The minimum atomic E-state index is 0.487. The van der Waals surface area contributed by atoms with Crippen LogP contribution in [0.4, 0.5) is 5.82 Å². The number of fused-ring (bicyclic) bond motifs is 1. The Morgan fingerprint density at radius 2 is 2.04 bits per heavy atom. The van der Waals surface area contributed by atoms with Gasteiger partial charge in [-0.25, -0.2) is 4.98 Å². The first-order chi connectivity index (χ1) is 11.6. The number of nitrogens with zero attached hydrogens (tertiary/aromatic N) is 2. The Hall–Kier alpha value is -2.45. The molecule has 0 bridgehead atoms. The third kappa shape index (κ3) is 3.39. The number of pyridine rings is 1. The average molecular weight is 344 g/mol. The van der Waals surface area contributed by atoms with E-state index < -0.39 is 0 Å². The Morgan fingerprint density at radius 1 is 1.25 bits per heavy atom. The highest BCUT2D eigenvalue weighted by Gasteiger charge is 2.16. The van der Waals surface area contributed by atoms with Crippen molar-refractivity contribution in [2.45, 2.75) is 26.8 Å². The van der Waals surface area contributed by atoms with Crippen LogP contribution in [0, 0.1) is 25.2 Å². The smallest absolute Gasteiger partial charge is 0.179 e. The SMILES string of the molecule is Cc1cc(C)c(C#N)c(NCc2cc(Cl)c3c(c2)OCCCO3)n1. The van der Waals surface area contributed by atoms with Gasteiger partial charge in [-0.2, -0.15) is 5.26 Å². The lowest BCUT2D eigenvalue weighted by molar-refractivity contribution is 0.297. The average Bonchev–Trinajstić information content (AvgIpc) is 2.78. The molecular formula is C18H18ClN3O2. The van der Waals surface area contributed by atoms with Gasteiger partial charge in [0.1, 0.15) is 11.9 Å². The number of nitriles is 1. The second-order valence-electron chi connectivity index (χ2n) is 5.72. The molecule has 1 N–H and O–H groups in total. The molecule has 0 unspecified atom stereocenters. The van der Waals surface area contributed by atoms with Crippen LogP contribution in [-0.4, -0.2) is 18.2 Å². The van der Waals surface area contributed by atoms with Gasteiger partial charge in [0.2, 0.25) is 0 Å². The topological polar surface area (TPSA) is 67.2 Å². The normalized spacial score (nSPS) is 13.1. The summed E-state index contributed by atoms with van der Waals surface area (Å²) in [5, 5.41) is 13.1. The van der Waals surface area contributed by atoms with Gasteiger partial charge in [0.15, 0.2) is 11.5 Å². The summed E-state index contributed by atoms with van der Waals surface area (Å²) in [7, 11) is 0. The minimum Gasteiger partial charge on any atom is -0.489 e. The van der Waals surface area contributed by atoms with Crippen LogP contribution >= 0.6 is 11.6 Å². The molecule has 0 amide bonds. The van der Waals surface area contributed by atoms with Crippen LogP contribution in [-0.2, 0) is 6.54 Å². The van der Waals surface area contributed by atoms with Gasteiger partial charge < -0.3 is 14.8 Å². The number of nitrogens with one attached hydrogen (secondary N) is 1. The molecule has 6 heteroatoms. The molecule has 2 heterocycles. The van der Waals surface area contributed by atoms with E-state index in [1.807, 2.05) is 32.0 Å². The van der Waals surface area contributed by atoms with Crippen LogP contribution in [0.1, 0.15) is 28.8 Å². The molecule has 0 atom stereocenters. The van der Waals surface area contributed by atoms with E-state index in [0.29, 0.717) is 47.7 Å². The summed E-state index contributed by atoms with van der Waals surface area (Å²) in [6.07, 6.45) is 0.830. The van der Waals surface area contributed by atoms with E-state index in [-0.39, 0.29) is 0 Å². The maximum absolute atomic E-state index is 9.33. The van der Waals surface area contributed by atoms with Crippen molar-refractivity contribution in [1.82, 2.24) is 4.98 Å². The van der Waals surface area contributed by atoms with Crippen molar-refractivity contribution in [2.24, 2.45) is 0 Å². The van der Waals surface area contributed by atoms with E-state index in [9.17, 15) is 5.26 Å². The van der Waals surface area contributed by atoms with Crippen LogP contribution in [0.3, 0.4) is 0 Å². The summed E-state index contributed by atoms with van der Waals surface area (Å²) in [6.45, 7) is 5.51. The molecule has 24 heavy (non-hydrogen) atoms. The Labute approximate surface area is 146 Å². The quantitative estimate of drug-likeness (QED) is 0.912. The molecule has 1 aliphatic rings. The van der Waals surface area contributed by atoms with E-state index in [1.165, 1.54) is 0 Å². The van der Waals surface area contributed by atoms with Crippen molar-refractivity contribution in [1.29, 1.82) is 5.26 Å². The Balaban J connectivity index is 1.84. The third-order valence-electron chi connectivity index (χ3n) is 3.78. The lowest BCUT2D eigenvalue weighted by atomic mass is 10.1. The van der Waals surface area contributed by atoms with Gasteiger partial charge >= 0.3 is 0 Å². The summed E-state index contributed by atoms with van der Waals surface area (Å²) in [5.74, 6) is 1.84. The number of aromatic nitrogens is 1. The molecule has 0 saturated carbocycles. The first-order valence-corrected chi connectivity index (χ1v) is 8.16. The van der Waals surface area contributed by atoms with Gasteiger partial charge in [0.05, 0.1) is 23.8 Å². The molecule has 1 aromatic heterocycles. The molecule has 3 rings (SSSR count). The third-order valence-corrected chi connectivity index (χ3v) is 4.06. The minimum absolute atomic E-state index is 0.487. The molecule has 0 fully saturated rings. The molecule has 1 aromatic carbocycles. The number of benzene rings is 1. The van der Waals surface area contributed by atoms with Crippen molar-refractivity contribution < 1.29 is 9.47 Å². The van der Waals surface area contributed by atoms with Crippen LogP contribution in [0.15, 0.2) is 18.2 Å². The van der Waals surface area contributed by atoms with Crippen molar-refractivity contribution in [2.75, 3.05) is 18.5 Å². The van der Waals surface area contributed by atoms with Gasteiger partial charge in [-0.3, -0.25) is 0 Å². The number of halogens is 1. The summed E-state index contributed by atoms with van der Waals surface area (Å²) < 4.78 is 11.3. The van der Waals surface area contributed by atoms with Crippen LogP contribution in [0.5, 0.6) is 11.5 Å². The van der Waals surface area contributed by atoms with Gasteiger partial charge in [0.25, 0.3) is 0 Å². The first-order valence-electron chi connectivity index (χ1n) is 7.78. The standard InChI is InChI=1S/C18H18ClN3O2/c1-11-6-12(2)22-18(14(11)9-20)21-10-13-7-15(19)17-16(8-13)23-4-3-5-24-17/h6-8H,3-5,10H2,1-2H3,(H,21,22). The second kappa shape index (κ2) is 6.98. The van der Waals surface area contributed by atoms with Crippen molar-refractivity contribution in [3.63, 3.8) is 0 Å². The zero-order valence-electron chi connectivity index (χ0n) is 13.6. The van der Waals surface area contributed by atoms with E-state index in [1.54, 1.807) is 0 Å². The molecule has 0 radical (unpaired) electrons. The maximum atomic E-state index is 9.33.